The topological polar surface area (TPSA) is 64.2 Å². The van der Waals surface area contributed by atoms with Gasteiger partial charge >= 0.3 is 0 Å². The smallest absolute Gasteiger partial charge is 0.255 e. The number of halogens is 1. The highest BCUT2D eigenvalue weighted by atomic mass is 35.5. The van der Waals surface area contributed by atoms with E-state index in [1.807, 2.05) is 46.5 Å². The van der Waals surface area contributed by atoms with Gasteiger partial charge in [0.1, 0.15) is 5.65 Å². The van der Waals surface area contributed by atoms with Crippen LogP contribution in [-0.2, 0) is 19.5 Å². The van der Waals surface area contributed by atoms with Gasteiger partial charge in [0, 0.05) is 12.4 Å². The molecule has 1 aromatic carbocycles. The van der Waals surface area contributed by atoms with Crippen molar-refractivity contribution in [2.45, 2.75) is 26.4 Å². The third kappa shape index (κ3) is 3.77. The molecule has 6 nitrogen and oxygen atoms in total. The van der Waals surface area contributed by atoms with Crippen molar-refractivity contribution in [3.05, 3.63) is 88.6 Å². The molecule has 0 saturated heterocycles. The number of hydrogen-bond acceptors (Lipinski definition) is 3. The molecular formula is C21H20ClN5O. The zero-order valence-electron chi connectivity index (χ0n) is 15.5. The van der Waals surface area contributed by atoms with E-state index in [0.29, 0.717) is 23.7 Å². The number of carbonyl (C=O) groups is 1. The van der Waals surface area contributed by atoms with Gasteiger partial charge in [-0.3, -0.25) is 9.48 Å². The molecule has 3 heterocycles. The summed E-state index contributed by atoms with van der Waals surface area (Å²) in [5.41, 5.74) is 4.23. The first kappa shape index (κ1) is 18.3. The van der Waals surface area contributed by atoms with Gasteiger partial charge in [-0.05, 0) is 24.1 Å². The standard InChI is InChI=1S/C21H20ClN5O/c1-2-19-18(11-24-27(19)12-15-6-4-3-5-7-15)21(28)23-10-17-14-26-13-16(22)8-9-20(26)25-17/h3-9,11,13-14H,2,10,12H2,1H3,(H,23,28). The lowest BCUT2D eigenvalue weighted by atomic mass is 10.1. The van der Waals surface area contributed by atoms with E-state index < -0.39 is 0 Å². The lowest BCUT2D eigenvalue weighted by Gasteiger charge is -2.08. The van der Waals surface area contributed by atoms with Crippen LogP contribution in [0.4, 0.5) is 0 Å². The number of benzene rings is 1. The molecule has 0 aliphatic rings. The van der Waals surface area contributed by atoms with Crippen LogP contribution in [0.15, 0.2) is 61.1 Å². The molecule has 7 heteroatoms. The van der Waals surface area contributed by atoms with Gasteiger partial charge in [-0.15, -0.1) is 0 Å². The molecule has 3 aromatic heterocycles. The summed E-state index contributed by atoms with van der Waals surface area (Å²) in [4.78, 5) is 17.2. The van der Waals surface area contributed by atoms with Crippen molar-refractivity contribution in [1.82, 2.24) is 24.5 Å². The van der Waals surface area contributed by atoms with E-state index >= 15 is 0 Å². The average molecular weight is 394 g/mol. The minimum Gasteiger partial charge on any atom is -0.346 e. The van der Waals surface area contributed by atoms with Crippen LogP contribution in [0.3, 0.4) is 0 Å². The summed E-state index contributed by atoms with van der Waals surface area (Å²) in [7, 11) is 0. The molecule has 0 aliphatic heterocycles. The number of rotatable bonds is 6. The maximum absolute atomic E-state index is 12.7. The molecule has 4 aromatic rings. The summed E-state index contributed by atoms with van der Waals surface area (Å²) in [6, 6.07) is 13.7. The van der Waals surface area contributed by atoms with E-state index in [2.05, 4.69) is 27.5 Å². The number of nitrogens with one attached hydrogen (secondary N) is 1. The third-order valence-electron chi connectivity index (χ3n) is 4.60. The maximum Gasteiger partial charge on any atom is 0.255 e. The fraction of sp³-hybridized carbons (Fsp3) is 0.190. The molecule has 4 rings (SSSR count). The van der Waals surface area contributed by atoms with Gasteiger partial charge in [-0.2, -0.15) is 5.10 Å². The molecule has 0 bridgehead atoms. The quantitative estimate of drug-likeness (QED) is 0.543. The van der Waals surface area contributed by atoms with Gasteiger partial charge in [0.25, 0.3) is 5.91 Å². The minimum absolute atomic E-state index is 0.147. The van der Waals surface area contributed by atoms with Crippen LogP contribution in [0.2, 0.25) is 5.02 Å². The van der Waals surface area contributed by atoms with Crippen molar-refractivity contribution >= 4 is 23.2 Å². The van der Waals surface area contributed by atoms with Crippen LogP contribution in [0, 0.1) is 0 Å². The van der Waals surface area contributed by atoms with E-state index in [-0.39, 0.29) is 5.91 Å². The van der Waals surface area contributed by atoms with Gasteiger partial charge in [-0.1, -0.05) is 48.9 Å². The molecule has 0 saturated carbocycles. The van der Waals surface area contributed by atoms with Crippen LogP contribution in [0.1, 0.15) is 34.2 Å². The average Bonchev–Trinajstić information content (AvgIpc) is 3.30. The molecule has 28 heavy (non-hydrogen) atoms. The first-order valence-corrected chi connectivity index (χ1v) is 9.52. The molecule has 142 valence electrons. The van der Waals surface area contributed by atoms with Crippen molar-refractivity contribution in [3.8, 4) is 0 Å². The normalized spacial score (nSPS) is 11.1. The number of imidazole rings is 1. The fourth-order valence-corrected chi connectivity index (χ4v) is 3.40. The Bertz CT molecular complexity index is 1120. The van der Waals surface area contributed by atoms with Crippen LogP contribution in [0.5, 0.6) is 0 Å². The first-order chi connectivity index (χ1) is 13.6. The second kappa shape index (κ2) is 7.86. The van der Waals surface area contributed by atoms with Crippen molar-refractivity contribution in [3.63, 3.8) is 0 Å². The predicted molar refractivity (Wildman–Crippen MR) is 109 cm³/mol. The Morgan fingerprint density at radius 1 is 1.14 bits per heavy atom. The number of pyridine rings is 1. The zero-order valence-corrected chi connectivity index (χ0v) is 16.2. The Labute approximate surface area is 167 Å². The minimum atomic E-state index is -0.147. The molecule has 0 atom stereocenters. The Morgan fingerprint density at radius 2 is 1.96 bits per heavy atom. The number of aromatic nitrogens is 4. The maximum atomic E-state index is 12.7. The van der Waals surface area contributed by atoms with Crippen LogP contribution in [-0.4, -0.2) is 25.1 Å². The molecule has 0 radical (unpaired) electrons. The number of fused-ring (bicyclic) bond motifs is 1. The van der Waals surface area contributed by atoms with E-state index in [4.69, 9.17) is 11.6 Å². The fourth-order valence-electron chi connectivity index (χ4n) is 3.23. The summed E-state index contributed by atoms with van der Waals surface area (Å²) in [5.74, 6) is -0.147. The molecule has 0 unspecified atom stereocenters. The Morgan fingerprint density at radius 3 is 2.75 bits per heavy atom. The highest BCUT2D eigenvalue weighted by Crippen LogP contribution is 2.14. The van der Waals surface area contributed by atoms with E-state index in [1.54, 1.807) is 18.5 Å². The third-order valence-corrected chi connectivity index (χ3v) is 4.82. The SMILES string of the molecule is CCc1c(C(=O)NCc2cn3cc(Cl)ccc3n2)cnn1Cc1ccccc1. The van der Waals surface area contributed by atoms with E-state index in [1.165, 1.54) is 0 Å². The van der Waals surface area contributed by atoms with Crippen LogP contribution in [0.25, 0.3) is 5.65 Å². The second-order valence-electron chi connectivity index (χ2n) is 6.53. The largest absolute Gasteiger partial charge is 0.346 e. The van der Waals surface area contributed by atoms with Crippen molar-refractivity contribution < 1.29 is 4.79 Å². The molecule has 1 amide bonds. The van der Waals surface area contributed by atoms with Gasteiger partial charge in [0.15, 0.2) is 0 Å². The lowest BCUT2D eigenvalue weighted by Crippen LogP contribution is -2.24. The second-order valence-corrected chi connectivity index (χ2v) is 6.97. The van der Waals surface area contributed by atoms with E-state index in [0.717, 1.165) is 29.0 Å². The van der Waals surface area contributed by atoms with E-state index in [9.17, 15) is 4.79 Å². The number of amides is 1. The monoisotopic (exact) mass is 393 g/mol. The Balaban J connectivity index is 1.48. The zero-order chi connectivity index (χ0) is 19.5. The lowest BCUT2D eigenvalue weighted by molar-refractivity contribution is 0.0949. The van der Waals surface area contributed by atoms with Gasteiger partial charge in [-0.25, -0.2) is 4.98 Å². The van der Waals surface area contributed by atoms with Crippen LogP contribution >= 0.6 is 11.6 Å². The number of hydrogen-bond donors (Lipinski definition) is 1. The highest BCUT2D eigenvalue weighted by Gasteiger charge is 2.16. The Kier molecular flexibility index (Phi) is 5.12. The molecule has 0 spiro atoms. The van der Waals surface area contributed by atoms with Crippen LogP contribution < -0.4 is 5.32 Å². The Hall–Kier alpha value is -3.12. The van der Waals surface area contributed by atoms with Crippen molar-refractivity contribution in [1.29, 1.82) is 0 Å². The summed E-state index contributed by atoms with van der Waals surface area (Å²) in [5, 5.41) is 8.00. The van der Waals surface area contributed by atoms with Crippen molar-refractivity contribution in [2.75, 3.05) is 0 Å². The predicted octanol–water partition coefficient (Wildman–Crippen LogP) is 3.72. The summed E-state index contributed by atoms with van der Waals surface area (Å²) < 4.78 is 3.73. The summed E-state index contributed by atoms with van der Waals surface area (Å²) in [6.07, 6.45) is 6.02. The number of carbonyl (C=O) groups excluding carboxylic acids is 1. The highest BCUT2D eigenvalue weighted by molar-refractivity contribution is 6.30. The first-order valence-electron chi connectivity index (χ1n) is 9.14. The summed E-state index contributed by atoms with van der Waals surface area (Å²) >= 11 is 6.00. The van der Waals surface area contributed by atoms with Gasteiger partial charge in [0.05, 0.1) is 41.3 Å². The molecule has 0 aliphatic carbocycles. The van der Waals surface area contributed by atoms with Crippen molar-refractivity contribution in [2.24, 2.45) is 0 Å². The van der Waals surface area contributed by atoms with Gasteiger partial charge in [0.2, 0.25) is 0 Å². The molecular weight excluding hydrogens is 374 g/mol. The molecule has 0 fully saturated rings. The molecule has 1 N–H and O–H groups in total. The summed E-state index contributed by atoms with van der Waals surface area (Å²) in [6.45, 7) is 3.01. The number of nitrogens with zero attached hydrogens (tertiary/aromatic N) is 4. The van der Waals surface area contributed by atoms with Gasteiger partial charge < -0.3 is 9.72 Å².